The van der Waals surface area contributed by atoms with Crippen LogP contribution in [0.15, 0.2) is 91.0 Å². The molecular formula is C34H35FN5O5P. The maximum absolute atomic E-state index is 14.2. The van der Waals surface area contributed by atoms with Crippen molar-refractivity contribution in [2.75, 3.05) is 26.8 Å². The van der Waals surface area contributed by atoms with Crippen LogP contribution in [0, 0.1) is 5.82 Å². The second kappa shape index (κ2) is 13.4. The molecule has 46 heavy (non-hydrogen) atoms. The van der Waals surface area contributed by atoms with Crippen molar-refractivity contribution < 1.29 is 28.2 Å². The normalized spacial score (nSPS) is 18.9. The molecule has 238 valence electrons. The molecule has 1 unspecified atom stereocenters. The molecule has 12 heteroatoms. The SMILES string of the molecule is CN(C(=O)NCc1ccc(F)cc1)N1CC(=O)N2[C@@H](Cc3ccc(OP(C)O)cc3)C(=O)N(Cc3cccc4ccccc34)C[C@@H]21. The number of piperazine rings is 1. The minimum absolute atomic E-state index is 0.0691. The first-order valence-electron chi connectivity index (χ1n) is 15.0. The zero-order valence-corrected chi connectivity index (χ0v) is 26.4. The molecule has 2 N–H and O–H groups in total. The standard InChI is InChI=1S/C34H35FN5O5P/c1-37(34(43)36-19-24-10-14-27(35)15-11-24)39-22-32(41)40-30(18-23-12-16-28(17-13-23)45-46(2)44)33(42)38(21-31(39)40)20-26-8-5-7-25-6-3-4-9-29(25)26/h3-17,30-31,44H,18-22H2,1-2H3,(H,36,43)/t30-,31+,46?/m0/s1. The molecule has 0 spiro atoms. The average molecular weight is 644 g/mol. The molecule has 10 nitrogen and oxygen atoms in total. The Morgan fingerprint density at radius 2 is 1.70 bits per heavy atom. The minimum Gasteiger partial charge on any atom is -0.448 e. The molecule has 6 rings (SSSR count). The highest BCUT2D eigenvalue weighted by Gasteiger charge is 2.51. The molecule has 0 saturated carbocycles. The van der Waals surface area contributed by atoms with E-state index in [1.54, 1.807) is 52.8 Å². The number of hydrazine groups is 1. The summed E-state index contributed by atoms with van der Waals surface area (Å²) in [6, 6.07) is 25.8. The summed E-state index contributed by atoms with van der Waals surface area (Å²) in [5, 5.41) is 8.03. The van der Waals surface area contributed by atoms with E-state index in [0.717, 1.165) is 27.5 Å². The van der Waals surface area contributed by atoms with Crippen LogP contribution in [0.4, 0.5) is 9.18 Å². The fourth-order valence-electron chi connectivity index (χ4n) is 6.16. The summed E-state index contributed by atoms with van der Waals surface area (Å²) in [7, 11) is 0.0239. The number of hydrogen-bond acceptors (Lipinski definition) is 6. The quantitative estimate of drug-likeness (QED) is 0.261. The third-order valence-corrected chi connectivity index (χ3v) is 8.91. The number of rotatable bonds is 9. The second-order valence-corrected chi connectivity index (χ2v) is 12.6. The predicted octanol–water partition coefficient (Wildman–Crippen LogP) is 4.47. The minimum atomic E-state index is -1.57. The van der Waals surface area contributed by atoms with Crippen LogP contribution in [-0.4, -0.2) is 81.6 Å². The molecule has 2 aliphatic heterocycles. The second-order valence-electron chi connectivity index (χ2n) is 11.5. The van der Waals surface area contributed by atoms with Crippen LogP contribution in [0.1, 0.15) is 16.7 Å². The molecule has 2 fully saturated rings. The van der Waals surface area contributed by atoms with E-state index in [1.165, 1.54) is 17.1 Å². The van der Waals surface area contributed by atoms with Gasteiger partial charge in [-0.15, -0.1) is 0 Å². The summed E-state index contributed by atoms with van der Waals surface area (Å²) >= 11 is 0. The lowest BCUT2D eigenvalue weighted by molar-refractivity contribution is -0.157. The Kier molecular flexibility index (Phi) is 9.17. The van der Waals surface area contributed by atoms with Crippen LogP contribution in [0.3, 0.4) is 0 Å². The monoisotopic (exact) mass is 643 g/mol. The van der Waals surface area contributed by atoms with Crippen molar-refractivity contribution in [3.63, 3.8) is 0 Å². The molecule has 2 saturated heterocycles. The third kappa shape index (κ3) is 6.67. The number of nitrogens with one attached hydrogen (secondary N) is 1. The highest BCUT2D eigenvalue weighted by molar-refractivity contribution is 7.45. The first-order valence-corrected chi connectivity index (χ1v) is 16.6. The van der Waals surface area contributed by atoms with Crippen LogP contribution < -0.4 is 9.84 Å². The lowest BCUT2D eigenvalue weighted by Gasteiger charge is -2.46. The summed E-state index contributed by atoms with van der Waals surface area (Å²) in [6.07, 6.45) is -0.311. The smallest absolute Gasteiger partial charge is 0.332 e. The van der Waals surface area contributed by atoms with Gasteiger partial charge in [0.2, 0.25) is 20.2 Å². The Balaban J connectivity index is 1.27. The van der Waals surface area contributed by atoms with Crippen molar-refractivity contribution >= 4 is 37.0 Å². The predicted molar refractivity (Wildman–Crippen MR) is 173 cm³/mol. The van der Waals surface area contributed by atoms with Crippen LogP contribution in [0.25, 0.3) is 10.8 Å². The molecule has 4 aromatic rings. The summed E-state index contributed by atoms with van der Waals surface area (Å²) in [4.78, 5) is 54.1. The van der Waals surface area contributed by atoms with E-state index in [2.05, 4.69) is 5.32 Å². The number of fused-ring (bicyclic) bond motifs is 2. The molecule has 0 aliphatic carbocycles. The Morgan fingerprint density at radius 1 is 1.00 bits per heavy atom. The number of hydrogen-bond donors (Lipinski definition) is 2. The van der Waals surface area contributed by atoms with Crippen LogP contribution >= 0.6 is 8.38 Å². The number of urea groups is 1. The molecular weight excluding hydrogens is 608 g/mol. The van der Waals surface area contributed by atoms with Crippen molar-refractivity contribution in [3.8, 4) is 5.75 Å². The van der Waals surface area contributed by atoms with Crippen molar-refractivity contribution in [3.05, 3.63) is 114 Å². The Labute approximate surface area is 267 Å². The van der Waals surface area contributed by atoms with E-state index in [9.17, 15) is 23.7 Å². The third-order valence-electron chi connectivity index (χ3n) is 8.43. The highest BCUT2D eigenvalue weighted by Crippen LogP contribution is 2.32. The van der Waals surface area contributed by atoms with Crippen molar-refractivity contribution in [1.29, 1.82) is 0 Å². The molecule has 3 atom stereocenters. The first kappa shape index (κ1) is 31.4. The molecule has 2 heterocycles. The molecule has 4 aromatic carbocycles. The number of halogens is 1. The zero-order chi connectivity index (χ0) is 32.4. The van der Waals surface area contributed by atoms with Gasteiger partial charge in [-0.3, -0.25) is 14.6 Å². The average Bonchev–Trinajstić information content (AvgIpc) is 3.38. The van der Waals surface area contributed by atoms with E-state index < -0.39 is 26.6 Å². The fraction of sp³-hybridized carbons (Fsp3) is 0.265. The summed E-state index contributed by atoms with van der Waals surface area (Å²) in [6.45, 7) is 2.25. The van der Waals surface area contributed by atoms with E-state index >= 15 is 0 Å². The summed E-state index contributed by atoms with van der Waals surface area (Å²) < 4.78 is 18.8. The van der Waals surface area contributed by atoms with E-state index in [4.69, 9.17) is 4.52 Å². The largest absolute Gasteiger partial charge is 0.448 e. The molecule has 0 aromatic heterocycles. The number of nitrogens with zero attached hydrogens (tertiary/aromatic N) is 4. The summed E-state index contributed by atoms with van der Waals surface area (Å²) in [5.41, 5.74) is 2.55. The lowest BCUT2D eigenvalue weighted by atomic mass is 9.99. The Morgan fingerprint density at radius 3 is 2.43 bits per heavy atom. The van der Waals surface area contributed by atoms with Gasteiger partial charge in [-0.1, -0.05) is 66.7 Å². The van der Waals surface area contributed by atoms with Gasteiger partial charge in [0.05, 0.1) is 13.1 Å². The first-order chi connectivity index (χ1) is 22.2. The highest BCUT2D eigenvalue weighted by atomic mass is 31.2. The van der Waals surface area contributed by atoms with Gasteiger partial charge in [-0.05, 0) is 51.7 Å². The number of amides is 4. The molecule has 0 radical (unpaired) electrons. The van der Waals surface area contributed by atoms with Gasteiger partial charge in [0.1, 0.15) is 23.8 Å². The van der Waals surface area contributed by atoms with Gasteiger partial charge >= 0.3 is 6.03 Å². The van der Waals surface area contributed by atoms with Crippen molar-refractivity contribution in [2.45, 2.75) is 31.7 Å². The Hall–Kier alpha value is -4.57. The summed E-state index contributed by atoms with van der Waals surface area (Å²) in [5.74, 6) is -0.261. The van der Waals surface area contributed by atoms with Gasteiger partial charge in [0, 0.05) is 33.2 Å². The van der Waals surface area contributed by atoms with Gasteiger partial charge in [-0.2, -0.15) is 5.01 Å². The van der Waals surface area contributed by atoms with E-state index in [0.29, 0.717) is 12.3 Å². The maximum Gasteiger partial charge on any atom is 0.332 e. The van der Waals surface area contributed by atoms with Crippen LogP contribution in [0.5, 0.6) is 5.75 Å². The van der Waals surface area contributed by atoms with Gasteiger partial charge < -0.3 is 24.5 Å². The Bertz CT molecular complexity index is 1730. The number of carbonyl (C=O) groups excluding carboxylic acids is 3. The number of carbonyl (C=O) groups is 3. The molecule has 4 amide bonds. The zero-order valence-electron chi connectivity index (χ0n) is 25.5. The molecule has 0 bridgehead atoms. The number of benzene rings is 4. The van der Waals surface area contributed by atoms with Gasteiger partial charge in [0.25, 0.3) is 0 Å². The lowest BCUT2D eigenvalue weighted by Crippen LogP contribution is -2.65. The van der Waals surface area contributed by atoms with E-state index in [1.807, 2.05) is 54.6 Å². The van der Waals surface area contributed by atoms with Gasteiger partial charge in [-0.25, -0.2) is 9.18 Å². The van der Waals surface area contributed by atoms with Gasteiger partial charge in [0.15, 0.2) is 0 Å². The topological polar surface area (TPSA) is 106 Å². The molecule has 2 aliphatic rings. The van der Waals surface area contributed by atoms with Crippen molar-refractivity contribution in [2.24, 2.45) is 0 Å². The van der Waals surface area contributed by atoms with Crippen molar-refractivity contribution in [1.82, 2.24) is 25.1 Å². The van der Waals surface area contributed by atoms with Crippen LogP contribution in [0.2, 0.25) is 0 Å². The maximum atomic E-state index is 14.2. The van der Waals surface area contributed by atoms with Crippen LogP contribution in [-0.2, 0) is 29.1 Å². The fourth-order valence-corrected chi connectivity index (χ4v) is 6.59. The van der Waals surface area contributed by atoms with E-state index in [-0.39, 0.29) is 43.7 Å².